The standard InChI is InChI=1S/C8H8.C5H4O3/c1-2-8-6-4-3-5-7-8;1-3-2-4(6)8-5(3)7/h2-7H,1H2;1-2H2. The Bertz CT molecular complexity index is 400. The van der Waals surface area contributed by atoms with Gasteiger partial charge in [0.2, 0.25) is 0 Å². The molecule has 16 heavy (non-hydrogen) atoms. The molecule has 0 radical (unpaired) electrons. The summed E-state index contributed by atoms with van der Waals surface area (Å²) in [6, 6.07) is 10.0. The summed E-state index contributed by atoms with van der Waals surface area (Å²) in [4.78, 5) is 20.4. The largest absolute Gasteiger partial charge is 0.389 e. The molecule has 2 rings (SSSR count). The van der Waals surface area contributed by atoms with Gasteiger partial charge in [0.05, 0.1) is 6.42 Å². The Hall–Kier alpha value is -2.16. The van der Waals surface area contributed by atoms with Gasteiger partial charge in [0, 0.05) is 5.57 Å². The van der Waals surface area contributed by atoms with Gasteiger partial charge in [-0.15, -0.1) is 0 Å². The van der Waals surface area contributed by atoms with Crippen LogP contribution >= 0.6 is 0 Å². The second kappa shape index (κ2) is 5.66. The van der Waals surface area contributed by atoms with Crippen LogP contribution in [0.1, 0.15) is 12.0 Å². The Morgan fingerprint density at radius 3 is 2.06 bits per heavy atom. The van der Waals surface area contributed by atoms with Crippen LogP contribution in [0.5, 0.6) is 0 Å². The fourth-order valence-electron chi connectivity index (χ4n) is 1.05. The third kappa shape index (κ3) is 3.53. The number of hydrogen-bond donors (Lipinski definition) is 0. The Morgan fingerprint density at radius 2 is 1.81 bits per heavy atom. The number of cyclic esters (lactones) is 2. The number of rotatable bonds is 1. The molecule has 0 aliphatic carbocycles. The highest BCUT2D eigenvalue weighted by atomic mass is 16.6. The van der Waals surface area contributed by atoms with Crippen molar-refractivity contribution in [1.82, 2.24) is 0 Å². The van der Waals surface area contributed by atoms with E-state index in [0.717, 1.165) is 0 Å². The van der Waals surface area contributed by atoms with E-state index >= 15 is 0 Å². The highest BCUT2D eigenvalue weighted by Gasteiger charge is 2.24. The van der Waals surface area contributed by atoms with E-state index in [-0.39, 0.29) is 12.0 Å². The molecule has 3 nitrogen and oxygen atoms in total. The molecule has 0 N–H and O–H groups in total. The number of benzene rings is 1. The summed E-state index contributed by atoms with van der Waals surface area (Å²) < 4.78 is 4.10. The quantitative estimate of drug-likeness (QED) is 0.411. The fourth-order valence-corrected chi connectivity index (χ4v) is 1.05. The summed E-state index contributed by atoms with van der Waals surface area (Å²) in [6.45, 7) is 6.92. The lowest BCUT2D eigenvalue weighted by Crippen LogP contribution is -1.95. The normalized spacial score (nSPS) is 13.9. The van der Waals surface area contributed by atoms with Crippen LogP contribution in [0.25, 0.3) is 6.08 Å². The smallest absolute Gasteiger partial charge is 0.341 e. The maximum atomic E-state index is 10.2. The number of carbonyl (C=O) groups is 2. The van der Waals surface area contributed by atoms with Crippen molar-refractivity contribution in [2.24, 2.45) is 0 Å². The van der Waals surface area contributed by atoms with Gasteiger partial charge in [0.15, 0.2) is 0 Å². The van der Waals surface area contributed by atoms with E-state index in [9.17, 15) is 9.59 Å². The Balaban J connectivity index is 0.000000160. The van der Waals surface area contributed by atoms with Gasteiger partial charge < -0.3 is 4.74 Å². The average molecular weight is 216 g/mol. The number of carbonyl (C=O) groups excluding carboxylic acids is 2. The van der Waals surface area contributed by atoms with E-state index in [1.165, 1.54) is 5.56 Å². The van der Waals surface area contributed by atoms with Crippen molar-refractivity contribution in [3.05, 3.63) is 54.6 Å². The first-order valence-electron chi connectivity index (χ1n) is 4.73. The number of ether oxygens (including phenoxy) is 1. The maximum absolute atomic E-state index is 10.2. The monoisotopic (exact) mass is 216 g/mol. The van der Waals surface area contributed by atoms with E-state index in [0.29, 0.717) is 0 Å². The SMILES string of the molecule is C=C1CC(=O)OC1=O.C=Cc1ccccc1. The summed E-state index contributed by atoms with van der Waals surface area (Å²) in [5, 5.41) is 0. The molecule has 1 aliphatic heterocycles. The molecule has 1 fully saturated rings. The van der Waals surface area contributed by atoms with Gasteiger partial charge in [-0.3, -0.25) is 4.79 Å². The van der Waals surface area contributed by atoms with Crippen molar-refractivity contribution < 1.29 is 14.3 Å². The van der Waals surface area contributed by atoms with Crippen molar-refractivity contribution in [2.75, 3.05) is 0 Å². The van der Waals surface area contributed by atoms with Gasteiger partial charge in [-0.05, 0) is 5.56 Å². The molecule has 1 aromatic rings. The lowest BCUT2D eigenvalue weighted by molar-refractivity contribution is -0.151. The van der Waals surface area contributed by atoms with Crippen molar-refractivity contribution in [3.63, 3.8) is 0 Å². The molecule has 3 heteroatoms. The zero-order chi connectivity index (χ0) is 12.0. The summed E-state index contributed by atoms with van der Waals surface area (Å²) in [7, 11) is 0. The molecule has 0 bridgehead atoms. The average Bonchev–Trinajstić information content (AvgIpc) is 2.58. The second-order valence-corrected chi connectivity index (χ2v) is 3.16. The molecule has 0 atom stereocenters. The van der Waals surface area contributed by atoms with Gasteiger partial charge in [-0.25, -0.2) is 4.79 Å². The van der Waals surface area contributed by atoms with E-state index in [2.05, 4.69) is 17.9 Å². The molecule has 0 unspecified atom stereocenters. The molecule has 0 spiro atoms. The Labute approximate surface area is 94.0 Å². The molecular formula is C13H12O3. The van der Waals surface area contributed by atoms with E-state index in [1.54, 1.807) is 0 Å². The maximum Gasteiger partial charge on any atom is 0.341 e. The summed E-state index contributed by atoms with van der Waals surface area (Å²) >= 11 is 0. The predicted molar refractivity (Wildman–Crippen MR) is 61.4 cm³/mol. The van der Waals surface area contributed by atoms with Crippen LogP contribution in [0.2, 0.25) is 0 Å². The van der Waals surface area contributed by atoms with Crippen LogP contribution in [0.15, 0.2) is 49.1 Å². The Kier molecular flexibility index (Phi) is 4.21. The molecule has 1 aliphatic rings. The van der Waals surface area contributed by atoms with Crippen LogP contribution in [0.4, 0.5) is 0 Å². The molecule has 0 saturated carbocycles. The molecule has 1 heterocycles. The lowest BCUT2D eigenvalue weighted by Gasteiger charge is -1.85. The zero-order valence-electron chi connectivity index (χ0n) is 8.81. The van der Waals surface area contributed by atoms with Crippen molar-refractivity contribution in [3.8, 4) is 0 Å². The Morgan fingerprint density at radius 1 is 1.19 bits per heavy atom. The molecule has 82 valence electrons. The first-order chi connectivity index (χ1) is 7.63. The van der Waals surface area contributed by atoms with E-state index in [4.69, 9.17) is 0 Å². The van der Waals surface area contributed by atoms with Crippen LogP contribution in [-0.4, -0.2) is 11.9 Å². The molecule has 1 aromatic carbocycles. The highest BCUT2D eigenvalue weighted by molar-refractivity contribution is 6.05. The van der Waals surface area contributed by atoms with Crippen LogP contribution < -0.4 is 0 Å². The minimum absolute atomic E-state index is 0.0544. The van der Waals surface area contributed by atoms with Crippen molar-refractivity contribution in [2.45, 2.75) is 6.42 Å². The molecular weight excluding hydrogens is 204 g/mol. The molecule has 0 amide bonds. The van der Waals surface area contributed by atoms with Crippen molar-refractivity contribution in [1.29, 1.82) is 0 Å². The first-order valence-corrected chi connectivity index (χ1v) is 4.73. The molecule has 1 saturated heterocycles. The minimum atomic E-state index is -0.588. The minimum Gasteiger partial charge on any atom is -0.389 e. The van der Waals surface area contributed by atoms with E-state index in [1.807, 2.05) is 36.4 Å². The van der Waals surface area contributed by atoms with Gasteiger partial charge >= 0.3 is 11.9 Å². The van der Waals surface area contributed by atoms with Gasteiger partial charge in [0.1, 0.15) is 0 Å². The highest BCUT2D eigenvalue weighted by Crippen LogP contribution is 2.10. The summed E-state index contributed by atoms with van der Waals surface area (Å²) in [6.07, 6.45) is 1.89. The van der Waals surface area contributed by atoms with Crippen LogP contribution in [-0.2, 0) is 14.3 Å². The zero-order valence-corrected chi connectivity index (χ0v) is 8.81. The van der Waals surface area contributed by atoms with Gasteiger partial charge in [-0.2, -0.15) is 0 Å². The van der Waals surface area contributed by atoms with E-state index < -0.39 is 11.9 Å². The first kappa shape index (κ1) is 11.9. The fraction of sp³-hybridized carbons (Fsp3) is 0.0769. The summed E-state index contributed by atoms with van der Waals surface area (Å²) in [5.41, 5.74) is 1.42. The van der Waals surface area contributed by atoms with Crippen LogP contribution in [0, 0.1) is 0 Å². The molecule has 0 aromatic heterocycles. The number of esters is 2. The van der Waals surface area contributed by atoms with Gasteiger partial charge in [-0.1, -0.05) is 49.6 Å². The second-order valence-electron chi connectivity index (χ2n) is 3.16. The van der Waals surface area contributed by atoms with Crippen molar-refractivity contribution >= 4 is 18.0 Å². The third-order valence-corrected chi connectivity index (χ3v) is 1.89. The summed E-state index contributed by atoms with van der Waals surface area (Å²) in [5.74, 6) is -1.09. The van der Waals surface area contributed by atoms with Gasteiger partial charge in [0.25, 0.3) is 0 Å². The predicted octanol–water partition coefficient (Wildman–Crippen LogP) is 2.35. The lowest BCUT2D eigenvalue weighted by atomic mass is 10.2. The topological polar surface area (TPSA) is 43.4 Å². The number of hydrogen-bond acceptors (Lipinski definition) is 3. The third-order valence-electron chi connectivity index (χ3n) is 1.89. The van der Waals surface area contributed by atoms with Crippen LogP contribution in [0.3, 0.4) is 0 Å².